The van der Waals surface area contributed by atoms with Crippen molar-refractivity contribution in [2.24, 2.45) is 17.4 Å². The van der Waals surface area contributed by atoms with Crippen molar-refractivity contribution in [3.05, 3.63) is 36.0 Å². The van der Waals surface area contributed by atoms with Crippen LogP contribution < -0.4 is 27.4 Å². The number of fused-ring (bicyclic) bond motifs is 1. The molecular formula is C26H38N6O6S. The van der Waals surface area contributed by atoms with E-state index in [2.05, 4.69) is 20.9 Å². The molecule has 4 amide bonds. The number of hydrogen-bond acceptors (Lipinski definition) is 7. The van der Waals surface area contributed by atoms with Crippen molar-refractivity contribution in [3.63, 3.8) is 0 Å². The molecule has 0 radical (unpaired) electrons. The molecule has 2 aromatic rings. The van der Waals surface area contributed by atoms with E-state index in [1.165, 1.54) is 11.8 Å². The van der Waals surface area contributed by atoms with Crippen molar-refractivity contribution in [2.45, 2.75) is 63.7 Å². The Kier molecular flexibility index (Phi) is 12.3. The Morgan fingerprint density at radius 2 is 1.54 bits per heavy atom. The molecule has 0 aliphatic heterocycles. The van der Waals surface area contributed by atoms with Gasteiger partial charge in [0.25, 0.3) is 0 Å². The number of hydrogen-bond donors (Lipinski definition) is 7. The SMILES string of the molecule is CSCCC(NC(=O)C(N)C(C)C)C(=O)NC(CCC(N)=O)C(=O)NC(Cc1c[nH]c2ccccc12)C(=O)O. The fraction of sp³-hybridized carbons (Fsp3) is 0.500. The Morgan fingerprint density at radius 1 is 0.949 bits per heavy atom. The fourth-order valence-electron chi connectivity index (χ4n) is 3.90. The molecule has 2 rings (SSSR count). The number of aromatic nitrogens is 1. The average molecular weight is 563 g/mol. The molecule has 214 valence electrons. The highest BCUT2D eigenvalue weighted by Gasteiger charge is 2.31. The van der Waals surface area contributed by atoms with Crippen LogP contribution in [0.15, 0.2) is 30.5 Å². The smallest absolute Gasteiger partial charge is 0.326 e. The number of aromatic amines is 1. The second kappa shape index (κ2) is 15.1. The summed E-state index contributed by atoms with van der Waals surface area (Å²) in [5, 5.41) is 18.3. The Morgan fingerprint density at radius 3 is 2.13 bits per heavy atom. The van der Waals surface area contributed by atoms with Crippen LogP contribution in [0.4, 0.5) is 0 Å². The van der Waals surface area contributed by atoms with Gasteiger partial charge >= 0.3 is 5.97 Å². The standard InChI is InChI=1S/C26H38N6O6S/c1-14(2)22(28)25(36)31-19(10-11-39-3)24(35)30-18(8-9-21(27)33)23(34)32-20(26(37)38)12-15-13-29-17-7-5-4-6-16(15)17/h4-7,13-14,18-20,22,29H,8-12,28H2,1-3H3,(H2,27,33)(H,30,35)(H,31,36)(H,32,34)(H,37,38). The molecule has 12 nitrogen and oxygen atoms in total. The van der Waals surface area contributed by atoms with Gasteiger partial charge in [-0.05, 0) is 42.4 Å². The Labute approximate surface area is 231 Å². The van der Waals surface area contributed by atoms with Gasteiger partial charge in [0.1, 0.15) is 18.1 Å². The van der Waals surface area contributed by atoms with E-state index in [-0.39, 0.29) is 31.6 Å². The summed E-state index contributed by atoms with van der Waals surface area (Å²) in [5.41, 5.74) is 12.7. The van der Waals surface area contributed by atoms with Crippen LogP contribution in [0.25, 0.3) is 10.9 Å². The molecule has 0 fully saturated rings. The van der Waals surface area contributed by atoms with Gasteiger partial charge in [0.05, 0.1) is 6.04 Å². The lowest BCUT2D eigenvalue weighted by Crippen LogP contribution is -2.57. The van der Waals surface area contributed by atoms with Gasteiger partial charge in [0.2, 0.25) is 23.6 Å². The maximum atomic E-state index is 13.2. The van der Waals surface area contributed by atoms with Crippen molar-refractivity contribution in [3.8, 4) is 0 Å². The lowest BCUT2D eigenvalue weighted by Gasteiger charge is -2.25. The van der Waals surface area contributed by atoms with E-state index in [1.807, 2.05) is 30.5 Å². The summed E-state index contributed by atoms with van der Waals surface area (Å²) >= 11 is 1.47. The van der Waals surface area contributed by atoms with Gasteiger partial charge in [-0.15, -0.1) is 0 Å². The molecule has 0 aliphatic rings. The summed E-state index contributed by atoms with van der Waals surface area (Å²) in [4.78, 5) is 65.4. The summed E-state index contributed by atoms with van der Waals surface area (Å²) in [5.74, 6) is -3.51. The van der Waals surface area contributed by atoms with Crippen molar-refractivity contribution in [2.75, 3.05) is 12.0 Å². The molecule has 0 aliphatic carbocycles. The normalized spacial score (nSPS) is 14.3. The molecule has 1 aromatic heterocycles. The topological polar surface area (TPSA) is 209 Å². The summed E-state index contributed by atoms with van der Waals surface area (Å²) < 4.78 is 0. The minimum absolute atomic E-state index is 0.0128. The van der Waals surface area contributed by atoms with E-state index in [0.717, 1.165) is 10.9 Å². The maximum Gasteiger partial charge on any atom is 0.326 e. The third-order valence-electron chi connectivity index (χ3n) is 6.29. The van der Waals surface area contributed by atoms with E-state index in [1.54, 1.807) is 20.0 Å². The maximum absolute atomic E-state index is 13.2. The van der Waals surface area contributed by atoms with Crippen LogP contribution in [0, 0.1) is 5.92 Å². The predicted molar refractivity (Wildman–Crippen MR) is 150 cm³/mol. The molecule has 0 spiro atoms. The number of rotatable bonds is 16. The van der Waals surface area contributed by atoms with Gasteiger partial charge in [-0.1, -0.05) is 32.0 Å². The first-order valence-corrected chi connectivity index (χ1v) is 14.1. The number of H-pyrrole nitrogens is 1. The van der Waals surface area contributed by atoms with E-state index in [9.17, 15) is 29.1 Å². The van der Waals surface area contributed by atoms with Crippen molar-refractivity contribution in [1.82, 2.24) is 20.9 Å². The summed E-state index contributed by atoms with van der Waals surface area (Å²) in [6.45, 7) is 3.56. The minimum Gasteiger partial charge on any atom is -0.480 e. The molecular weight excluding hydrogens is 524 g/mol. The number of thioether (sulfide) groups is 1. The van der Waals surface area contributed by atoms with Crippen LogP contribution in [-0.2, 0) is 30.4 Å². The Balaban J connectivity index is 2.20. The first kappa shape index (κ1) is 31.6. The van der Waals surface area contributed by atoms with Crippen LogP contribution in [0.1, 0.15) is 38.7 Å². The fourth-order valence-corrected chi connectivity index (χ4v) is 4.37. The monoisotopic (exact) mass is 562 g/mol. The second-order valence-corrected chi connectivity index (χ2v) is 10.6. The molecule has 0 bridgehead atoms. The van der Waals surface area contributed by atoms with Crippen LogP contribution in [-0.4, -0.2) is 75.9 Å². The molecule has 1 aromatic carbocycles. The van der Waals surface area contributed by atoms with Crippen LogP contribution in [0.2, 0.25) is 0 Å². The number of amides is 4. The highest BCUT2D eigenvalue weighted by atomic mass is 32.2. The van der Waals surface area contributed by atoms with Gasteiger partial charge in [-0.2, -0.15) is 11.8 Å². The quantitative estimate of drug-likeness (QED) is 0.150. The summed E-state index contributed by atoms with van der Waals surface area (Å²) in [6, 6.07) is 2.97. The van der Waals surface area contributed by atoms with Crippen molar-refractivity contribution >= 4 is 52.3 Å². The minimum atomic E-state index is -1.30. The van der Waals surface area contributed by atoms with E-state index < -0.39 is 53.8 Å². The van der Waals surface area contributed by atoms with E-state index in [4.69, 9.17) is 11.5 Å². The largest absolute Gasteiger partial charge is 0.480 e. The number of nitrogens with two attached hydrogens (primary N) is 2. The molecule has 13 heteroatoms. The predicted octanol–water partition coefficient (Wildman–Crippen LogP) is 0.251. The number of aliphatic carboxylic acids is 1. The van der Waals surface area contributed by atoms with Gasteiger partial charge in [0.15, 0.2) is 0 Å². The van der Waals surface area contributed by atoms with Gasteiger partial charge in [-0.3, -0.25) is 19.2 Å². The molecule has 0 saturated carbocycles. The number of primary amides is 1. The van der Waals surface area contributed by atoms with Gasteiger partial charge < -0.3 is 37.5 Å². The highest BCUT2D eigenvalue weighted by Crippen LogP contribution is 2.19. The first-order valence-electron chi connectivity index (χ1n) is 12.7. The average Bonchev–Trinajstić information content (AvgIpc) is 3.30. The summed E-state index contributed by atoms with van der Waals surface area (Å²) in [7, 11) is 0. The third kappa shape index (κ3) is 9.59. The lowest BCUT2D eigenvalue weighted by atomic mass is 10.0. The van der Waals surface area contributed by atoms with Crippen molar-refractivity contribution < 1.29 is 29.1 Å². The number of carboxylic acids is 1. The molecule has 39 heavy (non-hydrogen) atoms. The number of carboxylic acid groups (broad SMARTS) is 1. The van der Waals surface area contributed by atoms with Crippen LogP contribution in [0.3, 0.4) is 0 Å². The van der Waals surface area contributed by atoms with Crippen LogP contribution >= 0.6 is 11.8 Å². The molecule has 1 heterocycles. The molecule has 0 saturated heterocycles. The second-order valence-electron chi connectivity index (χ2n) is 9.64. The lowest BCUT2D eigenvalue weighted by molar-refractivity contribution is -0.142. The molecule has 4 unspecified atom stereocenters. The zero-order valence-corrected chi connectivity index (χ0v) is 23.2. The first-order chi connectivity index (χ1) is 18.4. The number of carbonyl (C=O) groups excluding carboxylic acids is 4. The molecule has 9 N–H and O–H groups in total. The highest BCUT2D eigenvalue weighted by molar-refractivity contribution is 7.98. The third-order valence-corrected chi connectivity index (χ3v) is 6.93. The number of para-hydroxylation sites is 1. The van der Waals surface area contributed by atoms with Gasteiger partial charge in [-0.25, -0.2) is 4.79 Å². The van der Waals surface area contributed by atoms with Gasteiger partial charge in [0, 0.05) is 29.9 Å². The van der Waals surface area contributed by atoms with E-state index >= 15 is 0 Å². The Bertz CT molecular complexity index is 1170. The Hall–Kier alpha value is -3.58. The van der Waals surface area contributed by atoms with E-state index in [0.29, 0.717) is 11.3 Å². The number of carbonyl (C=O) groups is 5. The zero-order chi connectivity index (χ0) is 29.1. The zero-order valence-electron chi connectivity index (χ0n) is 22.4. The molecule has 4 atom stereocenters. The summed E-state index contributed by atoms with van der Waals surface area (Å²) in [6.07, 6.45) is 3.41. The van der Waals surface area contributed by atoms with Crippen molar-refractivity contribution in [1.29, 1.82) is 0 Å². The number of benzene rings is 1. The van der Waals surface area contributed by atoms with Crippen LogP contribution in [0.5, 0.6) is 0 Å². The number of nitrogens with one attached hydrogen (secondary N) is 4.